The number of nitrogens with zero attached hydrogens (tertiary/aromatic N) is 1. The topological polar surface area (TPSA) is 29.4 Å². The third-order valence-electron chi connectivity index (χ3n) is 2.01. The zero-order valence-corrected chi connectivity index (χ0v) is 11.2. The molecule has 0 saturated heterocycles. The first-order chi connectivity index (χ1) is 8.07. The Morgan fingerprint density at radius 3 is 2.11 bits per heavy atom. The number of hydrogen-bond acceptors (Lipinski definition) is 2. The Hall–Kier alpha value is -0.520. The fourth-order valence-electron chi connectivity index (χ4n) is 1.31. The van der Waals surface area contributed by atoms with E-state index < -0.39 is 48.0 Å². The van der Waals surface area contributed by atoms with Crippen LogP contribution < -0.4 is 0 Å². The van der Waals surface area contributed by atoms with Gasteiger partial charge in [0.05, 0.1) is 0 Å². The summed E-state index contributed by atoms with van der Waals surface area (Å²) in [5, 5.41) is 0. The Labute approximate surface area is 105 Å². The van der Waals surface area contributed by atoms with Crippen LogP contribution in [0.5, 0.6) is 0 Å². The first-order valence-electron chi connectivity index (χ1n) is 4.27. The number of hydrogen-bond donors (Lipinski definition) is 0. The Morgan fingerprint density at radius 1 is 1.06 bits per heavy atom. The van der Waals surface area contributed by atoms with E-state index >= 15 is 0 Å². The van der Waals surface area contributed by atoms with Crippen LogP contribution in [0.15, 0.2) is 31.7 Å². The van der Waals surface area contributed by atoms with Crippen LogP contribution in [0, 0.1) is 3.57 Å². The van der Waals surface area contributed by atoms with Gasteiger partial charge in [0.15, 0.2) is 0 Å². The van der Waals surface area contributed by atoms with E-state index in [2.05, 4.69) is 2.58 Å². The molecule has 1 unspecified atom stereocenters. The van der Waals surface area contributed by atoms with Crippen molar-refractivity contribution in [2.24, 2.45) is 2.58 Å². The zero-order chi connectivity index (χ0) is 13.8. The molecule has 1 aliphatic rings. The van der Waals surface area contributed by atoms with E-state index in [4.69, 9.17) is 0 Å². The van der Waals surface area contributed by atoms with Crippen LogP contribution in [0.25, 0.3) is 0 Å². The summed E-state index contributed by atoms with van der Waals surface area (Å²) in [7, 11) is -4.99. The van der Waals surface area contributed by atoms with E-state index in [-0.39, 0.29) is 0 Å². The molecule has 2 nitrogen and oxygen atoms in total. The van der Waals surface area contributed by atoms with Crippen molar-refractivity contribution in [2.75, 3.05) is 0 Å². The summed E-state index contributed by atoms with van der Waals surface area (Å²) in [5.41, 5.74) is -5.29. The summed E-state index contributed by atoms with van der Waals surface area (Å²) in [6.07, 6.45) is 0. The van der Waals surface area contributed by atoms with Crippen molar-refractivity contribution in [1.82, 2.24) is 0 Å². The van der Waals surface area contributed by atoms with Crippen molar-refractivity contribution in [2.45, 2.75) is 14.6 Å². The van der Waals surface area contributed by atoms with Crippen LogP contribution in [-0.2, 0) is 9.73 Å². The fraction of sp³-hybridized carbons (Fsp3) is 0.250. The summed E-state index contributed by atoms with van der Waals surface area (Å²) < 4.78 is 85.0. The number of alkyl halides is 7. The van der Waals surface area contributed by atoms with E-state index in [1.165, 1.54) is 6.07 Å². The number of fused-ring (bicyclic) bond motifs is 1. The van der Waals surface area contributed by atoms with Crippen LogP contribution in [0.2, 0.25) is 0 Å². The normalized spacial score (nSPS) is 25.8. The molecule has 0 fully saturated rings. The van der Waals surface area contributed by atoms with Gasteiger partial charge < -0.3 is 0 Å². The summed E-state index contributed by atoms with van der Waals surface area (Å²) in [4.78, 5) is -0.833. The molecule has 102 valence electrons. The van der Waals surface area contributed by atoms with Gasteiger partial charge in [0.1, 0.15) is 0 Å². The van der Waals surface area contributed by atoms with Crippen LogP contribution in [-0.4, -0.2) is 13.9 Å². The first kappa shape index (κ1) is 13.9. The van der Waals surface area contributed by atoms with Crippen LogP contribution in [0.4, 0.5) is 26.3 Å². The SMILES string of the molecule is O=S1(C(F)(F)F)=NI(C(F)(F)F)c2ccccc21. The van der Waals surface area contributed by atoms with Gasteiger partial charge in [-0.2, -0.15) is 0 Å². The maximum absolute atomic E-state index is 12.7. The molecule has 0 bridgehead atoms. The number of halogens is 7. The minimum absolute atomic E-state index is 0.545. The van der Waals surface area contributed by atoms with Gasteiger partial charge in [-0.3, -0.25) is 0 Å². The Kier molecular flexibility index (Phi) is 3.08. The van der Waals surface area contributed by atoms with Crippen molar-refractivity contribution in [3.05, 3.63) is 27.8 Å². The number of benzene rings is 1. The average molecular weight is 403 g/mol. The van der Waals surface area contributed by atoms with Crippen LogP contribution >= 0.6 is 20.1 Å². The molecule has 1 heterocycles. The Balaban J connectivity index is 2.76. The third-order valence-corrected chi connectivity index (χ3v) is 10.3. The summed E-state index contributed by atoms with van der Waals surface area (Å²) in [5.74, 6) is 0. The quantitative estimate of drug-likeness (QED) is 0.364. The van der Waals surface area contributed by atoms with Gasteiger partial charge in [-0.15, -0.1) is 0 Å². The maximum atomic E-state index is 12.7. The Bertz CT molecular complexity index is 600. The van der Waals surface area contributed by atoms with Gasteiger partial charge in [0.25, 0.3) is 0 Å². The molecule has 1 atom stereocenters. The molecule has 0 amide bonds. The minimum atomic E-state index is -5.29. The average Bonchev–Trinajstić information content (AvgIpc) is 2.53. The van der Waals surface area contributed by atoms with Gasteiger partial charge in [0.2, 0.25) is 0 Å². The molecule has 2 rings (SSSR count). The van der Waals surface area contributed by atoms with Gasteiger partial charge in [-0.1, -0.05) is 0 Å². The fourth-order valence-corrected chi connectivity index (χ4v) is 10.2. The molecule has 0 N–H and O–H groups in total. The molecule has 1 aromatic rings. The third kappa shape index (κ3) is 1.98. The molecule has 10 heteroatoms. The molecule has 18 heavy (non-hydrogen) atoms. The zero-order valence-electron chi connectivity index (χ0n) is 8.22. The molecule has 0 saturated carbocycles. The molecule has 0 aliphatic carbocycles. The van der Waals surface area contributed by atoms with E-state index in [1.807, 2.05) is 0 Å². The van der Waals surface area contributed by atoms with E-state index in [0.29, 0.717) is 0 Å². The summed E-state index contributed by atoms with van der Waals surface area (Å²) >= 11 is -4.46. The summed E-state index contributed by atoms with van der Waals surface area (Å²) in [6.45, 7) is 0. The molecular weight excluding hydrogens is 399 g/mol. The van der Waals surface area contributed by atoms with Crippen molar-refractivity contribution < 1.29 is 30.6 Å². The molecule has 1 aromatic carbocycles. The molecule has 0 radical (unpaired) electrons. The second-order valence-electron chi connectivity index (χ2n) is 3.16. The van der Waals surface area contributed by atoms with E-state index in [9.17, 15) is 30.6 Å². The second-order valence-corrected chi connectivity index (χ2v) is 10.3. The van der Waals surface area contributed by atoms with Crippen molar-refractivity contribution in [1.29, 1.82) is 0 Å². The van der Waals surface area contributed by atoms with Gasteiger partial charge in [-0.25, -0.2) is 0 Å². The summed E-state index contributed by atoms with van der Waals surface area (Å²) in [6, 6.07) is 4.04. The number of rotatable bonds is 0. The van der Waals surface area contributed by atoms with Gasteiger partial charge in [-0.05, 0) is 0 Å². The van der Waals surface area contributed by atoms with Gasteiger partial charge >= 0.3 is 105 Å². The van der Waals surface area contributed by atoms with E-state index in [1.54, 1.807) is 0 Å². The standard InChI is InChI=1S/C8H4F6INOS/c9-7(10,11)15-5-3-1-2-4-6(5)18(17,16-15)8(12,13)14/h1-4H. The van der Waals surface area contributed by atoms with E-state index in [0.717, 1.165) is 18.2 Å². The van der Waals surface area contributed by atoms with Crippen LogP contribution in [0.3, 0.4) is 0 Å². The Morgan fingerprint density at radius 2 is 1.61 bits per heavy atom. The predicted octanol–water partition coefficient (Wildman–Crippen LogP) is 4.16. The van der Waals surface area contributed by atoms with Crippen molar-refractivity contribution >= 4 is 29.8 Å². The molecule has 1 aliphatic heterocycles. The van der Waals surface area contributed by atoms with Crippen LogP contribution in [0.1, 0.15) is 0 Å². The first-order valence-corrected chi connectivity index (χ1v) is 8.90. The van der Waals surface area contributed by atoms with Crippen molar-refractivity contribution in [3.63, 3.8) is 0 Å². The van der Waals surface area contributed by atoms with Crippen molar-refractivity contribution in [3.8, 4) is 0 Å². The monoisotopic (exact) mass is 403 g/mol. The van der Waals surface area contributed by atoms with Gasteiger partial charge in [0, 0.05) is 0 Å². The molecule has 0 aromatic heterocycles. The second kappa shape index (κ2) is 3.99. The molecular formula is C8H4F6INOS. The predicted molar refractivity (Wildman–Crippen MR) is 60.1 cm³/mol. The molecule has 0 spiro atoms.